The summed E-state index contributed by atoms with van der Waals surface area (Å²) in [6.45, 7) is 0. The van der Waals surface area contributed by atoms with Gasteiger partial charge >= 0.3 is 0 Å². The number of hydrogen-bond donors (Lipinski definition) is 1. The van der Waals surface area contributed by atoms with Crippen LogP contribution in [0.5, 0.6) is 0 Å². The highest BCUT2D eigenvalue weighted by molar-refractivity contribution is 7.95. The number of sulfone groups is 1. The largest absolute Gasteiger partial charge is 0.278 e. The summed E-state index contributed by atoms with van der Waals surface area (Å²) in [6.07, 6.45) is 0.830. The van der Waals surface area contributed by atoms with Gasteiger partial charge < -0.3 is 0 Å². The molecule has 0 aliphatic heterocycles. The smallest absolute Gasteiger partial charge is 0.262 e. The SMILES string of the molecule is N#C/C=C/S(=O)(=O)c1ccccc1NS(=O)(=O)c1cccc2cc3ccccc3cc12. The Kier molecular flexibility index (Phi) is 5.23. The molecule has 4 aromatic carbocycles. The minimum absolute atomic E-state index is 0.0375. The van der Waals surface area contributed by atoms with E-state index in [1.54, 1.807) is 18.2 Å². The van der Waals surface area contributed by atoms with Crippen LogP contribution in [-0.4, -0.2) is 16.8 Å². The molecule has 0 spiro atoms. The highest BCUT2D eigenvalue weighted by atomic mass is 32.2. The van der Waals surface area contributed by atoms with E-state index in [0.717, 1.165) is 27.6 Å². The van der Waals surface area contributed by atoms with Gasteiger partial charge in [-0.3, -0.25) is 4.72 Å². The first-order chi connectivity index (χ1) is 14.8. The van der Waals surface area contributed by atoms with Crippen LogP contribution >= 0.6 is 0 Å². The molecule has 6 nitrogen and oxygen atoms in total. The molecule has 0 aliphatic carbocycles. The van der Waals surface area contributed by atoms with Crippen LogP contribution < -0.4 is 4.72 Å². The molecule has 0 fully saturated rings. The summed E-state index contributed by atoms with van der Waals surface area (Å²) in [5, 5.41) is 12.5. The molecule has 4 aromatic rings. The van der Waals surface area contributed by atoms with Gasteiger partial charge in [0, 0.05) is 16.9 Å². The maximum absolute atomic E-state index is 13.3. The molecule has 1 N–H and O–H groups in total. The van der Waals surface area contributed by atoms with Crippen LogP contribution in [0.4, 0.5) is 5.69 Å². The maximum Gasteiger partial charge on any atom is 0.262 e. The number of nitrogens with zero attached hydrogens (tertiary/aromatic N) is 1. The summed E-state index contributed by atoms with van der Waals surface area (Å²) in [5.74, 6) is 0. The van der Waals surface area contributed by atoms with E-state index in [4.69, 9.17) is 5.26 Å². The van der Waals surface area contributed by atoms with Gasteiger partial charge in [-0.2, -0.15) is 5.26 Å². The molecule has 0 amide bonds. The third-order valence-electron chi connectivity index (χ3n) is 4.76. The zero-order valence-electron chi connectivity index (χ0n) is 16.1. The number of anilines is 1. The Labute approximate surface area is 180 Å². The second-order valence-corrected chi connectivity index (χ2v) is 10.2. The molecule has 8 heteroatoms. The Morgan fingerprint density at radius 2 is 1.35 bits per heavy atom. The van der Waals surface area contributed by atoms with Crippen LogP contribution in [0.1, 0.15) is 0 Å². The average Bonchev–Trinajstić information content (AvgIpc) is 2.76. The molecule has 0 bridgehead atoms. The molecule has 0 aliphatic rings. The number of rotatable bonds is 5. The molecule has 0 atom stereocenters. The molecule has 4 rings (SSSR count). The number of fused-ring (bicyclic) bond motifs is 2. The molecule has 0 heterocycles. The van der Waals surface area contributed by atoms with Gasteiger partial charge in [0.2, 0.25) is 9.84 Å². The molecular weight excluding hydrogens is 432 g/mol. The van der Waals surface area contributed by atoms with Crippen molar-refractivity contribution in [1.29, 1.82) is 5.26 Å². The Hall–Kier alpha value is -3.67. The standard InChI is InChI=1S/C23H16N2O4S2/c24-13-6-14-30(26,27)23-11-4-3-10-21(23)25-31(28,29)22-12-5-9-19-15-17-7-1-2-8-18(17)16-20(19)22/h1-12,14-16,25H/b14-6+. The molecule has 0 saturated heterocycles. The summed E-state index contributed by atoms with van der Waals surface area (Å²) in [5.41, 5.74) is -0.0946. The summed E-state index contributed by atoms with van der Waals surface area (Å²) < 4.78 is 54.0. The Morgan fingerprint density at radius 1 is 0.742 bits per heavy atom. The highest BCUT2D eigenvalue weighted by Crippen LogP contribution is 2.31. The van der Waals surface area contributed by atoms with E-state index in [9.17, 15) is 16.8 Å². The highest BCUT2D eigenvalue weighted by Gasteiger charge is 2.22. The van der Waals surface area contributed by atoms with E-state index in [1.165, 1.54) is 30.3 Å². The minimum Gasteiger partial charge on any atom is -0.278 e. The topological polar surface area (TPSA) is 104 Å². The second-order valence-electron chi connectivity index (χ2n) is 6.76. The fourth-order valence-electron chi connectivity index (χ4n) is 3.36. The van der Waals surface area contributed by atoms with Crippen LogP contribution in [-0.2, 0) is 19.9 Å². The predicted octanol–water partition coefficient (Wildman–Crippen LogP) is 4.60. The fourth-order valence-corrected chi connectivity index (χ4v) is 5.81. The first-order valence-electron chi connectivity index (χ1n) is 9.16. The van der Waals surface area contributed by atoms with Crippen molar-refractivity contribution in [2.75, 3.05) is 4.72 Å². The van der Waals surface area contributed by atoms with Crippen LogP contribution in [0.2, 0.25) is 0 Å². The monoisotopic (exact) mass is 448 g/mol. The molecule has 0 aromatic heterocycles. The van der Waals surface area contributed by atoms with E-state index in [0.29, 0.717) is 5.39 Å². The second kappa shape index (κ2) is 7.87. The van der Waals surface area contributed by atoms with Crippen molar-refractivity contribution in [2.45, 2.75) is 9.79 Å². The maximum atomic E-state index is 13.3. The van der Waals surface area contributed by atoms with Crippen molar-refractivity contribution >= 4 is 47.1 Å². The summed E-state index contributed by atoms with van der Waals surface area (Å²) in [4.78, 5) is -0.203. The van der Waals surface area contributed by atoms with Crippen LogP contribution in [0.25, 0.3) is 21.5 Å². The van der Waals surface area contributed by atoms with Crippen molar-refractivity contribution in [3.63, 3.8) is 0 Å². The third kappa shape index (κ3) is 4.01. The average molecular weight is 449 g/mol. The van der Waals surface area contributed by atoms with Crippen molar-refractivity contribution in [2.24, 2.45) is 0 Å². The number of sulfonamides is 1. The number of benzene rings is 4. The van der Waals surface area contributed by atoms with Crippen molar-refractivity contribution in [3.8, 4) is 6.07 Å². The molecule has 0 radical (unpaired) electrons. The molecule has 0 unspecified atom stereocenters. The van der Waals surface area contributed by atoms with Crippen LogP contribution in [0, 0.1) is 11.3 Å². The lowest BCUT2D eigenvalue weighted by Crippen LogP contribution is -2.15. The quantitative estimate of drug-likeness (QED) is 0.355. The lowest BCUT2D eigenvalue weighted by atomic mass is 10.0. The normalized spacial score (nSPS) is 12.2. The van der Waals surface area contributed by atoms with E-state index < -0.39 is 19.9 Å². The number of para-hydroxylation sites is 1. The van der Waals surface area contributed by atoms with Crippen molar-refractivity contribution in [3.05, 3.63) is 90.3 Å². The van der Waals surface area contributed by atoms with E-state index in [-0.39, 0.29) is 15.5 Å². The zero-order valence-corrected chi connectivity index (χ0v) is 17.7. The first-order valence-corrected chi connectivity index (χ1v) is 12.2. The lowest BCUT2D eigenvalue weighted by molar-refractivity contribution is 0.602. The van der Waals surface area contributed by atoms with Crippen molar-refractivity contribution in [1.82, 2.24) is 0 Å². The van der Waals surface area contributed by atoms with Gasteiger partial charge in [-0.25, -0.2) is 16.8 Å². The van der Waals surface area contributed by atoms with Crippen LogP contribution in [0.15, 0.2) is 100 Å². The molecule has 0 saturated carbocycles. The van der Waals surface area contributed by atoms with Gasteiger partial charge in [0.25, 0.3) is 10.0 Å². The van der Waals surface area contributed by atoms with Gasteiger partial charge in [0.15, 0.2) is 0 Å². The number of nitrogens with one attached hydrogen (secondary N) is 1. The summed E-state index contributed by atoms with van der Waals surface area (Å²) >= 11 is 0. The van der Waals surface area contributed by atoms with Gasteiger partial charge in [-0.1, -0.05) is 48.5 Å². The minimum atomic E-state index is -4.12. The number of allylic oxidation sites excluding steroid dienone is 1. The van der Waals surface area contributed by atoms with E-state index in [1.807, 2.05) is 36.4 Å². The van der Waals surface area contributed by atoms with Gasteiger partial charge in [-0.05, 0) is 46.5 Å². The molecule has 154 valence electrons. The Morgan fingerprint density at radius 3 is 2.10 bits per heavy atom. The summed E-state index contributed by atoms with van der Waals surface area (Å²) in [7, 11) is -8.12. The number of nitriles is 1. The van der Waals surface area contributed by atoms with Gasteiger partial charge in [-0.15, -0.1) is 0 Å². The van der Waals surface area contributed by atoms with E-state index in [2.05, 4.69) is 4.72 Å². The number of hydrogen-bond acceptors (Lipinski definition) is 5. The predicted molar refractivity (Wildman–Crippen MR) is 121 cm³/mol. The van der Waals surface area contributed by atoms with Crippen LogP contribution in [0.3, 0.4) is 0 Å². The molecule has 31 heavy (non-hydrogen) atoms. The lowest BCUT2D eigenvalue weighted by Gasteiger charge is -2.14. The first kappa shape index (κ1) is 20.6. The van der Waals surface area contributed by atoms with Gasteiger partial charge in [0.1, 0.15) is 0 Å². The fraction of sp³-hybridized carbons (Fsp3) is 0. The Balaban J connectivity index is 1.85. The zero-order chi connectivity index (χ0) is 22.1. The Bertz CT molecular complexity index is 1600. The van der Waals surface area contributed by atoms with Crippen molar-refractivity contribution < 1.29 is 16.8 Å². The third-order valence-corrected chi connectivity index (χ3v) is 7.64. The van der Waals surface area contributed by atoms with E-state index >= 15 is 0 Å². The molecular formula is C23H16N2O4S2. The summed E-state index contributed by atoms with van der Waals surface area (Å²) in [6, 6.07) is 23.6. The van der Waals surface area contributed by atoms with Gasteiger partial charge in [0.05, 0.1) is 21.5 Å².